The first kappa shape index (κ1) is 20.4. The van der Waals surface area contributed by atoms with Gasteiger partial charge < -0.3 is 9.64 Å². The SMILES string of the molecule is Cc1ccc(S(=O)(=O)N2CCN(C(=O)c3ccc(OC(C)C)cc3)CC2)cc1. The Balaban J connectivity index is 1.63. The highest BCUT2D eigenvalue weighted by Crippen LogP contribution is 2.20. The van der Waals surface area contributed by atoms with Crippen molar-refractivity contribution in [2.45, 2.75) is 31.8 Å². The third-order valence-corrected chi connectivity index (χ3v) is 6.57. The van der Waals surface area contributed by atoms with Crippen LogP contribution in [0.3, 0.4) is 0 Å². The summed E-state index contributed by atoms with van der Waals surface area (Å²) < 4.78 is 32.6. The van der Waals surface area contributed by atoms with Crippen LogP contribution < -0.4 is 4.74 Å². The molecule has 1 aliphatic rings. The summed E-state index contributed by atoms with van der Waals surface area (Å²) >= 11 is 0. The van der Waals surface area contributed by atoms with E-state index in [4.69, 9.17) is 4.74 Å². The van der Waals surface area contributed by atoms with Crippen LogP contribution in [0.2, 0.25) is 0 Å². The Labute approximate surface area is 166 Å². The lowest BCUT2D eigenvalue weighted by Gasteiger charge is -2.34. The van der Waals surface area contributed by atoms with Gasteiger partial charge in [0.05, 0.1) is 11.0 Å². The first-order valence-corrected chi connectivity index (χ1v) is 10.8. The lowest BCUT2D eigenvalue weighted by atomic mass is 10.2. The van der Waals surface area contributed by atoms with Gasteiger partial charge in [0, 0.05) is 31.7 Å². The molecule has 0 aromatic heterocycles. The lowest BCUT2D eigenvalue weighted by molar-refractivity contribution is 0.0698. The van der Waals surface area contributed by atoms with Gasteiger partial charge in [0.2, 0.25) is 10.0 Å². The molecule has 1 heterocycles. The van der Waals surface area contributed by atoms with Gasteiger partial charge in [0.25, 0.3) is 5.91 Å². The van der Waals surface area contributed by atoms with Gasteiger partial charge in [-0.2, -0.15) is 4.31 Å². The predicted molar refractivity (Wildman–Crippen MR) is 108 cm³/mol. The number of carbonyl (C=O) groups is 1. The molecule has 28 heavy (non-hydrogen) atoms. The molecule has 2 aromatic carbocycles. The van der Waals surface area contributed by atoms with Gasteiger partial charge >= 0.3 is 0 Å². The molecule has 1 aliphatic heterocycles. The summed E-state index contributed by atoms with van der Waals surface area (Å²) in [5, 5.41) is 0. The molecule has 0 saturated carbocycles. The van der Waals surface area contributed by atoms with Crippen molar-refractivity contribution in [3.8, 4) is 5.75 Å². The first-order chi connectivity index (χ1) is 13.3. The number of hydrogen-bond donors (Lipinski definition) is 0. The summed E-state index contributed by atoms with van der Waals surface area (Å²) in [6.45, 7) is 7.13. The molecule has 0 radical (unpaired) electrons. The van der Waals surface area contributed by atoms with Crippen LogP contribution in [-0.4, -0.2) is 55.8 Å². The van der Waals surface area contributed by atoms with Crippen molar-refractivity contribution in [1.29, 1.82) is 0 Å². The molecule has 0 aliphatic carbocycles. The van der Waals surface area contributed by atoms with E-state index in [2.05, 4.69) is 0 Å². The van der Waals surface area contributed by atoms with Crippen molar-refractivity contribution in [2.24, 2.45) is 0 Å². The van der Waals surface area contributed by atoms with Gasteiger partial charge in [-0.1, -0.05) is 17.7 Å². The Morgan fingerprint density at radius 3 is 2.04 bits per heavy atom. The Hall–Kier alpha value is -2.38. The van der Waals surface area contributed by atoms with Crippen molar-refractivity contribution in [3.63, 3.8) is 0 Å². The van der Waals surface area contributed by atoms with E-state index in [0.717, 1.165) is 11.3 Å². The fraction of sp³-hybridized carbons (Fsp3) is 0.381. The number of aryl methyl sites for hydroxylation is 1. The number of sulfonamides is 1. The fourth-order valence-corrected chi connectivity index (χ4v) is 4.54. The number of rotatable bonds is 5. The molecule has 0 spiro atoms. The van der Waals surface area contributed by atoms with Gasteiger partial charge in [0.1, 0.15) is 5.75 Å². The third kappa shape index (κ3) is 4.54. The molecule has 0 bridgehead atoms. The summed E-state index contributed by atoms with van der Waals surface area (Å²) in [7, 11) is -3.53. The standard InChI is InChI=1S/C21H26N2O4S/c1-16(2)27-19-8-6-18(7-9-19)21(24)22-12-14-23(15-13-22)28(25,26)20-10-4-17(3)5-11-20/h4-11,16H,12-15H2,1-3H3. The summed E-state index contributed by atoms with van der Waals surface area (Å²) in [6.07, 6.45) is 0.0742. The van der Waals surface area contributed by atoms with Gasteiger partial charge in [-0.05, 0) is 57.2 Å². The Morgan fingerprint density at radius 2 is 1.50 bits per heavy atom. The van der Waals surface area contributed by atoms with Crippen LogP contribution in [0, 0.1) is 6.92 Å². The maximum atomic E-state index is 12.8. The zero-order chi connectivity index (χ0) is 20.3. The Morgan fingerprint density at radius 1 is 0.929 bits per heavy atom. The second kappa shape index (κ2) is 8.32. The topological polar surface area (TPSA) is 66.9 Å². The summed E-state index contributed by atoms with van der Waals surface area (Å²) in [6, 6.07) is 13.9. The number of benzene rings is 2. The molecular formula is C21H26N2O4S. The van der Waals surface area contributed by atoms with Gasteiger partial charge in [-0.15, -0.1) is 0 Å². The number of ether oxygens (including phenoxy) is 1. The highest BCUT2D eigenvalue weighted by atomic mass is 32.2. The minimum Gasteiger partial charge on any atom is -0.491 e. The minimum absolute atomic E-state index is 0.0742. The maximum absolute atomic E-state index is 12.8. The smallest absolute Gasteiger partial charge is 0.253 e. The number of nitrogens with zero attached hydrogens (tertiary/aromatic N) is 2. The van der Waals surface area contributed by atoms with Crippen LogP contribution in [0.4, 0.5) is 0 Å². The van der Waals surface area contributed by atoms with E-state index in [1.54, 1.807) is 53.4 Å². The second-order valence-electron chi connectivity index (χ2n) is 7.20. The zero-order valence-corrected chi connectivity index (χ0v) is 17.3. The first-order valence-electron chi connectivity index (χ1n) is 9.40. The van der Waals surface area contributed by atoms with Gasteiger partial charge in [-0.25, -0.2) is 8.42 Å². The molecule has 7 heteroatoms. The fourth-order valence-electron chi connectivity index (χ4n) is 3.12. The highest BCUT2D eigenvalue weighted by molar-refractivity contribution is 7.89. The zero-order valence-electron chi connectivity index (χ0n) is 16.5. The normalized spacial score (nSPS) is 15.6. The van der Waals surface area contributed by atoms with Crippen LogP contribution in [0.15, 0.2) is 53.4 Å². The number of piperazine rings is 1. The molecule has 0 N–H and O–H groups in total. The van der Waals surface area contributed by atoms with E-state index < -0.39 is 10.0 Å². The molecule has 2 aromatic rings. The van der Waals surface area contributed by atoms with E-state index in [1.165, 1.54) is 4.31 Å². The quantitative estimate of drug-likeness (QED) is 0.771. The third-order valence-electron chi connectivity index (χ3n) is 4.66. The van der Waals surface area contributed by atoms with Gasteiger partial charge in [0.15, 0.2) is 0 Å². The molecule has 150 valence electrons. The van der Waals surface area contributed by atoms with Gasteiger partial charge in [-0.3, -0.25) is 4.79 Å². The number of amides is 1. The van der Waals surface area contributed by atoms with Crippen molar-refractivity contribution in [1.82, 2.24) is 9.21 Å². The van der Waals surface area contributed by atoms with Crippen LogP contribution >= 0.6 is 0 Å². The summed E-state index contributed by atoms with van der Waals surface area (Å²) in [5.41, 5.74) is 1.59. The predicted octanol–water partition coefficient (Wildman–Crippen LogP) is 2.93. The molecule has 1 fully saturated rings. The number of hydrogen-bond acceptors (Lipinski definition) is 4. The molecule has 6 nitrogen and oxygen atoms in total. The van der Waals surface area contributed by atoms with Crippen molar-refractivity contribution in [3.05, 3.63) is 59.7 Å². The van der Waals surface area contributed by atoms with E-state index >= 15 is 0 Å². The molecule has 3 rings (SSSR count). The van der Waals surface area contributed by atoms with E-state index in [0.29, 0.717) is 23.5 Å². The van der Waals surface area contributed by atoms with Crippen molar-refractivity contribution >= 4 is 15.9 Å². The van der Waals surface area contributed by atoms with Crippen LogP contribution in [0.5, 0.6) is 5.75 Å². The van der Waals surface area contributed by atoms with Crippen LogP contribution in [0.25, 0.3) is 0 Å². The lowest BCUT2D eigenvalue weighted by Crippen LogP contribution is -2.50. The molecule has 1 amide bonds. The summed E-state index contributed by atoms with van der Waals surface area (Å²) in [5.74, 6) is 0.629. The minimum atomic E-state index is -3.53. The van der Waals surface area contributed by atoms with Crippen molar-refractivity contribution in [2.75, 3.05) is 26.2 Å². The largest absolute Gasteiger partial charge is 0.491 e. The second-order valence-corrected chi connectivity index (χ2v) is 9.14. The Kier molecular flexibility index (Phi) is 6.05. The van der Waals surface area contributed by atoms with E-state index in [1.807, 2.05) is 20.8 Å². The average Bonchev–Trinajstić information content (AvgIpc) is 2.68. The average molecular weight is 403 g/mol. The van der Waals surface area contributed by atoms with Crippen LogP contribution in [-0.2, 0) is 10.0 Å². The van der Waals surface area contributed by atoms with Crippen LogP contribution in [0.1, 0.15) is 29.8 Å². The highest BCUT2D eigenvalue weighted by Gasteiger charge is 2.30. The number of carbonyl (C=O) groups excluding carboxylic acids is 1. The molecule has 1 saturated heterocycles. The van der Waals surface area contributed by atoms with E-state index in [9.17, 15) is 13.2 Å². The Bertz CT molecular complexity index is 914. The van der Waals surface area contributed by atoms with Crippen molar-refractivity contribution < 1.29 is 17.9 Å². The molecule has 0 unspecified atom stereocenters. The van der Waals surface area contributed by atoms with E-state index in [-0.39, 0.29) is 25.1 Å². The monoisotopic (exact) mass is 402 g/mol. The molecule has 0 atom stereocenters. The summed E-state index contributed by atoms with van der Waals surface area (Å²) in [4.78, 5) is 14.7. The molecular weight excluding hydrogens is 376 g/mol. The maximum Gasteiger partial charge on any atom is 0.253 e.